The Morgan fingerprint density at radius 1 is 0.758 bits per heavy atom. The predicted molar refractivity (Wildman–Crippen MR) is 247 cm³/mol. The van der Waals surface area contributed by atoms with Crippen LogP contribution in [0, 0.1) is 0 Å². The second kappa shape index (κ2) is 18.4. The quantitative estimate of drug-likeness (QED) is 0.0654. The van der Waals surface area contributed by atoms with Gasteiger partial charge in [0.2, 0.25) is 0 Å². The number of fused-ring (bicyclic) bond motifs is 1. The highest BCUT2D eigenvalue weighted by Gasteiger charge is 2.42. The average molecular weight is 820 g/mol. The second-order valence-electron chi connectivity index (χ2n) is 16.4. The number of unbranched alkanes of at least 4 members (excludes halogenated alkanes) is 1. The van der Waals surface area contributed by atoms with Crippen molar-refractivity contribution in [1.82, 2.24) is 35.1 Å². The topological polar surface area (TPSA) is 129 Å². The van der Waals surface area contributed by atoms with Crippen LogP contribution >= 0.6 is 0 Å². The Morgan fingerprint density at radius 3 is 1.98 bits per heavy atom. The zero-order chi connectivity index (χ0) is 42.3. The minimum atomic E-state index is -0.870. The molecular formula is C52H53N9O. The van der Waals surface area contributed by atoms with Crippen LogP contribution in [0.25, 0.3) is 33.5 Å². The number of amides is 1. The van der Waals surface area contributed by atoms with Crippen molar-refractivity contribution in [2.75, 3.05) is 5.32 Å². The molecule has 1 amide bonds. The van der Waals surface area contributed by atoms with Crippen molar-refractivity contribution < 1.29 is 4.79 Å². The van der Waals surface area contributed by atoms with Crippen LogP contribution in [0.15, 0.2) is 158 Å². The van der Waals surface area contributed by atoms with E-state index in [0.29, 0.717) is 12.4 Å². The third kappa shape index (κ3) is 8.13. The fraction of sp³-hybridized carbons (Fsp3) is 0.250. The van der Waals surface area contributed by atoms with Crippen molar-refractivity contribution in [3.63, 3.8) is 0 Å². The number of benzene rings is 6. The summed E-state index contributed by atoms with van der Waals surface area (Å²) in [5.74, 6) is 1.29. The molecule has 10 nitrogen and oxygen atoms in total. The zero-order valence-electron chi connectivity index (χ0n) is 35.2. The van der Waals surface area contributed by atoms with Crippen LogP contribution in [0.4, 0.5) is 5.69 Å². The summed E-state index contributed by atoms with van der Waals surface area (Å²) in [6.45, 7) is 2.85. The van der Waals surface area contributed by atoms with Crippen LogP contribution in [0.3, 0.4) is 0 Å². The van der Waals surface area contributed by atoms with Gasteiger partial charge in [0.1, 0.15) is 11.4 Å². The van der Waals surface area contributed by atoms with Gasteiger partial charge in [0.05, 0.1) is 11.0 Å². The van der Waals surface area contributed by atoms with Crippen LogP contribution in [0.2, 0.25) is 0 Å². The smallest absolute Gasteiger partial charge is 0.254 e. The molecule has 2 heterocycles. The first-order valence-corrected chi connectivity index (χ1v) is 22.0. The lowest BCUT2D eigenvalue weighted by atomic mass is 9.77. The molecule has 312 valence electrons. The monoisotopic (exact) mass is 819 g/mol. The van der Waals surface area contributed by atoms with E-state index in [1.807, 2.05) is 41.1 Å². The number of aromatic nitrogens is 6. The van der Waals surface area contributed by atoms with Crippen molar-refractivity contribution in [3.8, 4) is 22.5 Å². The number of nitrogens with one attached hydrogen (secondary N) is 2. The normalized spacial score (nSPS) is 13.9. The average Bonchev–Trinajstić information content (AvgIpc) is 3.95. The van der Waals surface area contributed by atoms with Crippen molar-refractivity contribution in [2.45, 2.75) is 82.6 Å². The highest BCUT2D eigenvalue weighted by Crippen LogP contribution is 2.43. The van der Waals surface area contributed by atoms with Gasteiger partial charge in [-0.05, 0) is 81.3 Å². The molecule has 0 bridgehead atoms. The molecule has 62 heavy (non-hydrogen) atoms. The lowest BCUT2D eigenvalue weighted by Gasteiger charge is -2.36. The molecule has 0 spiro atoms. The zero-order valence-corrected chi connectivity index (χ0v) is 35.2. The fourth-order valence-electron chi connectivity index (χ4n) is 9.22. The molecule has 1 saturated carbocycles. The summed E-state index contributed by atoms with van der Waals surface area (Å²) in [6, 6.07) is 55.0. The minimum Gasteiger partial charge on any atom is -0.367 e. The van der Waals surface area contributed by atoms with E-state index < -0.39 is 17.6 Å². The van der Waals surface area contributed by atoms with Gasteiger partial charge in [-0.25, -0.2) is 9.67 Å². The van der Waals surface area contributed by atoms with Gasteiger partial charge in [0, 0.05) is 30.3 Å². The number of primary amides is 1. The summed E-state index contributed by atoms with van der Waals surface area (Å²) >= 11 is 0. The summed E-state index contributed by atoms with van der Waals surface area (Å²) in [5.41, 5.74) is 15.1. The number of nitrogens with zero attached hydrogens (tertiary/aromatic N) is 6. The molecule has 0 radical (unpaired) electrons. The molecule has 4 N–H and O–H groups in total. The minimum absolute atomic E-state index is 0.278. The first-order chi connectivity index (χ1) is 30.5. The number of carbonyl (C=O) groups is 1. The van der Waals surface area contributed by atoms with E-state index >= 15 is 0 Å². The molecule has 9 rings (SSSR count). The Bertz CT molecular complexity index is 2630. The molecule has 1 unspecified atom stereocenters. The lowest BCUT2D eigenvalue weighted by molar-refractivity contribution is -0.119. The van der Waals surface area contributed by atoms with Gasteiger partial charge < -0.3 is 15.6 Å². The van der Waals surface area contributed by atoms with Gasteiger partial charge in [-0.2, -0.15) is 0 Å². The molecule has 8 aromatic rings. The maximum absolute atomic E-state index is 12.6. The number of nitrogens with two attached hydrogens (primary N) is 1. The van der Waals surface area contributed by atoms with Gasteiger partial charge in [-0.3, -0.25) is 10.1 Å². The largest absolute Gasteiger partial charge is 0.367 e. The number of carbonyl (C=O) groups excluding carboxylic acids is 1. The summed E-state index contributed by atoms with van der Waals surface area (Å²) in [6.07, 6.45) is 8.02. The third-order valence-electron chi connectivity index (χ3n) is 12.3. The molecule has 1 atom stereocenters. The highest BCUT2D eigenvalue weighted by atomic mass is 16.1. The van der Waals surface area contributed by atoms with Crippen LogP contribution in [-0.2, 0) is 23.3 Å². The number of imidazole rings is 1. The number of anilines is 1. The number of rotatable bonds is 16. The maximum atomic E-state index is 12.6. The third-order valence-corrected chi connectivity index (χ3v) is 12.3. The SMILES string of the molecule is CCCCc1nc2ccc(NC(NC3CCCCC3)C(N)=O)cc2n1Cc1ccc(-c2ccccc2-c2nnnn2C(c2ccccc2)(c2ccccc2)c2ccccc2)cc1. The van der Waals surface area contributed by atoms with Gasteiger partial charge >= 0.3 is 0 Å². The van der Waals surface area contributed by atoms with E-state index in [9.17, 15) is 4.79 Å². The van der Waals surface area contributed by atoms with Gasteiger partial charge in [-0.1, -0.05) is 172 Å². The van der Waals surface area contributed by atoms with Crippen molar-refractivity contribution in [2.24, 2.45) is 5.73 Å². The maximum Gasteiger partial charge on any atom is 0.254 e. The Hall–Kier alpha value is -6.91. The van der Waals surface area contributed by atoms with Crippen molar-refractivity contribution >= 4 is 22.6 Å². The standard InChI is InChI=1S/C52H53N9O/c1-2-3-28-48-56-46-34-33-43(55-50(49(53)62)54-42-24-14-7-15-25-42)35-47(46)60(48)36-37-29-31-38(32-30-37)44-26-16-17-27-45(44)51-57-58-59-61(51)52(39-18-8-4-9-19-39,40-20-10-5-11-21-40)41-22-12-6-13-23-41/h4-6,8-13,16-23,26-27,29-35,42,50,54-55H,2-3,7,14-15,24-25,28,36H2,1H3,(H2,53,62). The van der Waals surface area contributed by atoms with E-state index in [0.717, 1.165) is 93.6 Å². The summed E-state index contributed by atoms with van der Waals surface area (Å²) in [4.78, 5) is 17.7. The Labute approximate surface area is 363 Å². The number of hydrogen-bond acceptors (Lipinski definition) is 7. The van der Waals surface area contributed by atoms with E-state index in [-0.39, 0.29) is 6.04 Å². The number of tetrazole rings is 1. The molecule has 0 saturated heterocycles. The summed E-state index contributed by atoms with van der Waals surface area (Å²) in [5, 5.41) is 20.8. The van der Waals surface area contributed by atoms with Crippen LogP contribution in [0.1, 0.15) is 79.9 Å². The van der Waals surface area contributed by atoms with Crippen LogP contribution in [0.5, 0.6) is 0 Å². The molecule has 2 aromatic heterocycles. The molecule has 1 aliphatic carbocycles. The van der Waals surface area contributed by atoms with E-state index in [1.54, 1.807) is 0 Å². The van der Waals surface area contributed by atoms with E-state index in [2.05, 4.69) is 149 Å². The Morgan fingerprint density at radius 2 is 1.37 bits per heavy atom. The molecule has 1 fully saturated rings. The number of hydrogen-bond donors (Lipinski definition) is 3. The number of aryl methyl sites for hydroxylation is 1. The molecule has 10 heteroatoms. The molecule has 0 aliphatic heterocycles. The summed E-state index contributed by atoms with van der Waals surface area (Å²) in [7, 11) is 0. The molecule has 1 aliphatic rings. The molecule has 6 aromatic carbocycles. The first-order valence-electron chi connectivity index (χ1n) is 22.0. The van der Waals surface area contributed by atoms with Crippen LogP contribution < -0.4 is 16.4 Å². The van der Waals surface area contributed by atoms with E-state index in [4.69, 9.17) is 21.0 Å². The van der Waals surface area contributed by atoms with E-state index in [1.165, 1.54) is 19.3 Å². The Kier molecular flexibility index (Phi) is 12.0. The lowest BCUT2D eigenvalue weighted by Crippen LogP contribution is -2.51. The molecular weight excluding hydrogens is 767 g/mol. The highest BCUT2D eigenvalue weighted by molar-refractivity contribution is 5.85. The summed E-state index contributed by atoms with van der Waals surface area (Å²) < 4.78 is 4.31. The van der Waals surface area contributed by atoms with Gasteiger partial charge in [0.15, 0.2) is 12.0 Å². The second-order valence-corrected chi connectivity index (χ2v) is 16.4. The Balaban J connectivity index is 1.06. The fourth-order valence-corrected chi connectivity index (χ4v) is 9.22. The first kappa shape index (κ1) is 40.5. The van der Waals surface area contributed by atoms with Crippen molar-refractivity contribution in [1.29, 1.82) is 0 Å². The van der Waals surface area contributed by atoms with Crippen molar-refractivity contribution in [3.05, 3.63) is 186 Å². The van der Waals surface area contributed by atoms with Crippen LogP contribution in [-0.4, -0.2) is 47.9 Å². The van der Waals surface area contributed by atoms with Gasteiger partial charge in [0.25, 0.3) is 5.91 Å². The predicted octanol–water partition coefficient (Wildman–Crippen LogP) is 9.73. The van der Waals surface area contributed by atoms with Gasteiger partial charge in [-0.15, -0.1) is 5.10 Å².